The number of nitrogens with two attached hydrogens (primary N) is 1. The van der Waals surface area contributed by atoms with Gasteiger partial charge in [-0.1, -0.05) is 18.2 Å². The molecule has 0 saturated heterocycles. The van der Waals surface area contributed by atoms with Gasteiger partial charge in [0.1, 0.15) is 5.82 Å². The number of nitrogen functional groups attached to an aromatic ring is 1. The van der Waals surface area contributed by atoms with Crippen LogP contribution in [-0.4, -0.2) is 25.4 Å². The Labute approximate surface area is 144 Å². The van der Waals surface area contributed by atoms with Gasteiger partial charge < -0.3 is 5.73 Å². The summed E-state index contributed by atoms with van der Waals surface area (Å²) in [6, 6.07) is 14.9. The van der Waals surface area contributed by atoms with Gasteiger partial charge >= 0.3 is 0 Å². The number of benzene rings is 1. The van der Waals surface area contributed by atoms with E-state index < -0.39 is 0 Å². The van der Waals surface area contributed by atoms with E-state index in [1.54, 1.807) is 36.0 Å². The monoisotopic (exact) mass is 329 g/mol. The number of ketones is 1. The molecule has 0 aliphatic rings. The molecular formula is C19H15N5O. The summed E-state index contributed by atoms with van der Waals surface area (Å²) in [5, 5.41) is 4.67. The van der Waals surface area contributed by atoms with Crippen LogP contribution in [0.4, 0.5) is 5.82 Å². The van der Waals surface area contributed by atoms with Gasteiger partial charge in [-0.05, 0) is 37.3 Å². The third kappa shape index (κ3) is 2.74. The number of hydrogen-bond acceptors (Lipinski definition) is 5. The van der Waals surface area contributed by atoms with Crippen LogP contribution in [0.25, 0.3) is 28.2 Å². The zero-order valence-electron chi connectivity index (χ0n) is 13.5. The number of pyridine rings is 1. The molecule has 2 N–H and O–H groups in total. The predicted molar refractivity (Wildman–Crippen MR) is 96.1 cm³/mol. The van der Waals surface area contributed by atoms with Crippen LogP contribution in [0.3, 0.4) is 0 Å². The van der Waals surface area contributed by atoms with Gasteiger partial charge in [-0.25, -0.2) is 14.5 Å². The molecule has 3 heterocycles. The van der Waals surface area contributed by atoms with Gasteiger partial charge in [-0.3, -0.25) is 4.79 Å². The van der Waals surface area contributed by atoms with Crippen LogP contribution < -0.4 is 5.73 Å². The summed E-state index contributed by atoms with van der Waals surface area (Å²) < 4.78 is 1.77. The van der Waals surface area contributed by atoms with Crippen molar-refractivity contribution in [3.63, 3.8) is 0 Å². The zero-order valence-corrected chi connectivity index (χ0v) is 13.5. The minimum atomic E-state index is 0.0252. The Morgan fingerprint density at radius 1 is 1.00 bits per heavy atom. The third-order valence-electron chi connectivity index (χ3n) is 4.01. The summed E-state index contributed by atoms with van der Waals surface area (Å²) in [4.78, 5) is 20.2. The smallest absolute Gasteiger partial charge is 0.159 e. The highest BCUT2D eigenvalue weighted by Crippen LogP contribution is 2.24. The number of anilines is 1. The molecule has 0 amide bonds. The van der Waals surface area contributed by atoms with Crippen LogP contribution in [0, 0.1) is 0 Å². The predicted octanol–water partition coefficient (Wildman–Crippen LogP) is 3.24. The topological polar surface area (TPSA) is 86.2 Å². The Morgan fingerprint density at radius 2 is 1.88 bits per heavy atom. The minimum absolute atomic E-state index is 0.0252. The van der Waals surface area contributed by atoms with Crippen molar-refractivity contribution in [1.82, 2.24) is 19.6 Å². The zero-order chi connectivity index (χ0) is 17.4. The van der Waals surface area contributed by atoms with E-state index in [-0.39, 0.29) is 5.78 Å². The highest BCUT2D eigenvalue weighted by atomic mass is 16.1. The second-order valence-corrected chi connectivity index (χ2v) is 5.74. The van der Waals surface area contributed by atoms with Crippen molar-refractivity contribution in [1.29, 1.82) is 0 Å². The molecule has 6 heteroatoms. The van der Waals surface area contributed by atoms with E-state index in [2.05, 4.69) is 15.1 Å². The lowest BCUT2D eigenvalue weighted by molar-refractivity contribution is 0.101. The van der Waals surface area contributed by atoms with Crippen molar-refractivity contribution >= 4 is 17.2 Å². The van der Waals surface area contributed by atoms with E-state index in [9.17, 15) is 4.79 Å². The summed E-state index contributed by atoms with van der Waals surface area (Å²) in [5.41, 5.74) is 10.4. The molecule has 0 fully saturated rings. The van der Waals surface area contributed by atoms with Crippen molar-refractivity contribution in [2.45, 2.75) is 6.92 Å². The van der Waals surface area contributed by atoms with Crippen LogP contribution in [0.5, 0.6) is 0 Å². The molecule has 6 nitrogen and oxygen atoms in total. The first-order valence-corrected chi connectivity index (χ1v) is 7.80. The number of fused-ring (bicyclic) bond motifs is 1. The van der Waals surface area contributed by atoms with Crippen molar-refractivity contribution in [2.24, 2.45) is 0 Å². The first-order chi connectivity index (χ1) is 12.1. The van der Waals surface area contributed by atoms with Crippen LogP contribution >= 0.6 is 0 Å². The third-order valence-corrected chi connectivity index (χ3v) is 4.01. The molecule has 3 aromatic heterocycles. The molecule has 4 rings (SSSR count). The fraction of sp³-hybridized carbons (Fsp3) is 0.0526. The fourth-order valence-corrected chi connectivity index (χ4v) is 2.68. The minimum Gasteiger partial charge on any atom is -0.384 e. The van der Waals surface area contributed by atoms with Gasteiger partial charge in [0, 0.05) is 22.9 Å². The summed E-state index contributed by atoms with van der Waals surface area (Å²) in [5.74, 6) is 0.492. The summed E-state index contributed by atoms with van der Waals surface area (Å²) in [6.45, 7) is 1.55. The van der Waals surface area contributed by atoms with Crippen LogP contribution in [0.15, 0.2) is 60.9 Å². The van der Waals surface area contributed by atoms with Crippen molar-refractivity contribution in [2.75, 3.05) is 5.73 Å². The SMILES string of the molecule is CC(=O)c1cccc(-c2cnc3ccc(-c4ccc(N)nc4)nn23)c1. The normalized spacial score (nSPS) is 10.9. The molecule has 0 spiro atoms. The molecule has 122 valence electrons. The molecule has 1 aromatic carbocycles. The fourth-order valence-electron chi connectivity index (χ4n) is 2.68. The van der Waals surface area contributed by atoms with Crippen LogP contribution in [0.2, 0.25) is 0 Å². The van der Waals surface area contributed by atoms with Gasteiger partial charge in [-0.15, -0.1) is 0 Å². The number of hydrogen-bond donors (Lipinski definition) is 1. The van der Waals surface area contributed by atoms with E-state index in [1.807, 2.05) is 36.4 Å². The second-order valence-electron chi connectivity index (χ2n) is 5.74. The quantitative estimate of drug-likeness (QED) is 0.583. The molecule has 0 saturated carbocycles. The molecular weight excluding hydrogens is 314 g/mol. The highest BCUT2D eigenvalue weighted by molar-refractivity contribution is 5.95. The van der Waals surface area contributed by atoms with Crippen molar-refractivity contribution in [3.8, 4) is 22.5 Å². The molecule has 25 heavy (non-hydrogen) atoms. The van der Waals surface area contributed by atoms with Gasteiger partial charge in [0.2, 0.25) is 0 Å². The molecule has 0 bridgehead atoms. The number of imidazole rings is 1. The Balaban J connectivity index is 1.85. The Hall–Kier alpha value is -3.54. The van der Waals surface area contributed by atoms with E-state index in [1.165, 1.54) is 0 Å². The number of rotatable bonds is 3. The summed E-state index contributed by atoms with van der Waals surface area (Å²) in [6.07, 6.45) is 3.45. The van der Waals surface area contributed by atoms with E-state index >= 15 is 0 Å². The van der Waals surface area contributed by atoms with Crippen LogP contribution in [-0.2, 0) is 0 Å². The Kier molecular flexibility index (Phi) is 3.50. The maximum absolute atomic E-state index is 11.6. The number of nitrogens with zero attached hydrogens (tertiary/aromatic N) is 4. The lowest BCUT2D eigenvalue weighted by atomic mass is 10.1. The first-order valence-electron chi connectivity index (χ1n) is 7.80. The molecule has 4 aromatic rings. The lowest BCUT2D eigenvalue weighted by Crippen LogP contribution is -1.98. The first kappa shape index (κ1) is 15.0. The Bertz CT molecular complexity index is 1080. The molecule has 0 atom stereocenters. The largest absolute Gasteiger partial charge is 0.384 e. The van der Waals surface area contributed by atoms with Gasteiger partial charge in [-0.2, -0.15) is 5.10 Å². The maximum atomic E-state index is 11.6. The van der Waals surface area contributed by atoms with E-state index in [0.717, 1.165) is 28.2 Å². The summed E-state index contributed by atoms with van der Waals surface area (Å²) >= 11 is 0. The molecule has 0 unspecified atom stereocenters. The van der Waals surface area contributed by atoms with Gasteiger partial charge in [0.25, 0.3) is 0 Å². The summed E-state index contributed by atoms with van der Waals surface area (Å²) in [7, 11) is 0. The molecule has 0 aliphatic heterocycles. The average Bonchev–Trinajstić information content (AvgIpc) is 3.05. The standard InChI is InChI=1S/C19H15N5O/c1-12(25)13-3-2-4-14(9-13)17-11-22-19-8-6-16(23-24(17)19)15-5-7-18(20)21-10-15/h2-11H,1H3,(H2,20,21). The number of carbonyl (C=O) groups is 1. The van der Waals surface area contributed by atoms with Crippen LogP contribution in [0.1, 0.15) is 17.3 Å². The molecule has 0 radical (unpaired) electrons. The van der Waals surface area contributed by atoms with E-state index in [0.29, 0.717) is 11.4 Å². The number of aromatic nitrogens is 4. The number of carbonyl (C=O) groups excluding carboxylic acids is 1. The van der Waals surface area contributed by atoms with Gasteiger partial charge in [0.15, 0.2) is 11.4 Å². The highest BCUT2D eigenvalue weighted by Gasteiger charge is 2.10. The van der Waals surface area contributed by atoms with Gasteiger partial charge in [0.05, 0.1) is 17.6 Å². The number of Topliss-reactive ketones (excluding diaryl/α,β-unsaturated/α-hetero) is 1. The van der Waals surface area contributed by atoms with Crippen molar-refractivity contribution < 1.29 is 4.79 Å². The Morgan fingerprint density at radius 3 is 2.64 bits per heavy atom. The van der Waals surface area contributed by atoms with Crippen molar-refractivity contribution in [3.05, 3.63) is 66.5 Å². The van der Waals surface area contributed by atoms with E-state index in [4.69, 9.17) is 5.73 Å². The second kappa shape index (κ2) is 5.83. The lowest BCUT2D eigenvalue weighted by Gasteiger charge is -2.05. The maximum Gasteiger partial charge on any atom is 0.159 e. The average molecular weight is 329 g/mol. The molecule has 0 aliphatic carbocycles.